The van der Waals surface area contributed by atoms with Crippen LogP contribution in [0.1, 0.15) is 33.6 Å². The third-order valence-electron chi connectivity index (χ3n) is 3.09. The molecule has 0 radical (unpaired) electrons. The molecule has 1 unspecified atom stereocenters. The van der Waals surface area contributed by atoms with Crippen molar-refractivity contribution in [2.75, 3.05) is 6.54 Å². The van der Waals surface area contributed by atoms with E-state index in [0.717, 1.165) is 12.5 Å². The molecule has 0 aromatic carbocycles. The van der Waals surface area contributed by atoms with Crippen molar-refractivity contribution in [1.82, 2.24) is 10.6 Å². The maximum atomic E-state index is 5.06. The second-order valence-electron chi connectivity index (χ2n) is 5.04. The highest BCUT2D eigenvalue weighted by Crippen LogP contribution is 2.20. The summed E-state index contributed by atoms with van der Waals surface area (Å²) in [4.78, 5) is 4.40. The molecule has 1 fully saturated rings. The zero-order valence-corrected chi connectivity index (χ0v) is 11.0. The molecule has 1 rings (SSSR count). The Labute approximate surface area is 105 Å². The Balaban J connectivity index is 2.39. The summed E-state index contributed by atoms with van der Waals surface area (Å²) >= 11 is 0. The molecule has 94 valence electrons. The Morgan fingerprint density at radius 3 is 3.06 bits per heavy atom. The van der Waals surface area contributed by atoms with Crippen LogP contribution in [0.25, 0.3) is 0 Å². The van der Waals surface area contributed by atoms with Crippen molar-refractivity contribution in [3.8, 4) is 12.5 Å². The highest BCUT2D eigenvalue weighted by atomic mass is 15.0. The normalized spacial score (nSPS) is 25.5. The van der Waals surface area contributed by atoms with Gasteiger partial charge in [-0.15, -0.1) is 0 Å². The second-order valence-corrected chi connectivity index (χ2v) is 5.04. The van der Waals surface area contributed by atoms with Crippen molar-refractivity contribution in [1.29, 1.82) is 0 Å². The van der Waals surface area contributed by atoms with Crippen LogP contribution >= 0.6 is 0 Å². The van der Waals surface area contributed by atoms with Gasteiger partial charge in [0.15, 0.2) is 0 Å². The predicted molar refractivity (Wildman–Crippen MR) is 73.6 cm³/mol. The molecule has 0 aromatic heterocycles. The molecule has 1 aliphatic heterocycles. The van der Waals surface area contributed by atoms with Gasteiger partial charge in [0, 0.05) is 42.7 Å². The van der Waals surface area contributed by atoms with E-state index < -0.39 is 0 Å². The van der Waals surface area contributed by atoms with Crippen molar-refractivity contribution in [3.63, 3.8) is 0 Å². The van der Waals surface area contributed by atoms with E-state index >= 15 is 0 Å². The molecule has 3 nitrogen and oxygen atoms in total. The summed E-state index contributed by atoms with van der Waals surface area (Å²) in [6.45, 7) is 7.67. The standard InChI is InChI=1S/C14H23N3/c1-5-15-6-7-16-12(4)13-9-14(17-10-13)8-11(2)3/h1,6-7,11,13-15,17H,8-10H2,2-4H3/b7-6-,16-12?/t13-,14?/m0/s1. The van der Waals surface area contributed by atoms with Crippen LogP contribution in [0.3, 0.4) is 0 Å². The SMILES string of the molecule is C#CN/C=C\N=C(C)[C@@H]1CNC(CC(C)C)C1. The van der Waals surface area contributed by atoms with Crippen LogP contribution in [0.15, 0.2) is 17.4 Å². The number of nitrogens with zero attached hydrogens (tertiary/aromatic N) is 1. The highest BCUT2D eigenvalue weighted by molar-refractivity contribution is 5.85. The van der Waals surface area contributed by atoms with E-state index in [1.165, 1.54) is 18.6 Å². The minimum Gasteiger partial charge on any atom is -0.321 e. The lowest BCUT2D eigenvalue weighted by Gasteiger charge is -2.12. The van der Waals surface area contributed by atoms with Crippen LogP contribution in [0.4, 0.5) is 0 Å². The third kappa shape index (κ3) is 5.06. The van der Waals surface area contributed by atoms with Gasteiger partial charge in [0.05, 0.1) is 0 Å². The fraction of sp³-hybridized carbons (Fsp3) is 0.643. The lowest BCUT2D eigenvalue weighted by Crippen LogP contribution is -2.23. The molecule has 3 heteroatoms. The third-order valence-corrected chi connectivity index (χ3v) is 3.09. The number of nitrogens with one attached hydrogen (secondary N) is 2. The quantitative estimate of drug-likeness (QED) is 0.433. The first-order valence-corrected chi connectivity index (χ1v) is 6.27. The van der Waals surface area contributed by atoms with E-state index in [4.69, 9.17) is 6.42 Å². The van der Waals surface area contributed by atoms with E-state index in [2.05, 4.69) is 42.4 Å². The van der Waals surface area contributed by atoms with Crippen LogP contribution in [-0.4, -0.2) is 18.3 Å². The molecule has 0 amide bonds. The first kappa shape index (κ1) is 13.8. The molecule has 0 bridgehead atoms. The summed E-state index contributed by atoms with van der Waals surface area (Å²) in [6.07, 6.45) is 10.9. The van der Waals surface area contributed by atoms with Crippen molar-refractivity contribution in [2.24, 2.45) is 16.8 Å². The predicted octanol–water partition coefficient (Wildman–Crippen LogP) is 2.12. The van der Waals surface area contributed by atoms with Crippen molar-refractivity contribution < 1.29 is 0 Å². The van der Waals surface area contributed by atoms with E-state index in [0.29, 0.717) is 12.0 Å². The average Bonchev–Trinajstić information content (AvgIpc) is 2.71. The van der Waals surface area contributed by atoms with Gasteiger partial charge >= 0.3 is 0 Å². The van der Waals surface area contributed by atoms with Gasteiger partial charge in [0.25, 0.3) is 0 Å². The molecule has 0 saturated carbocycles. The Bertz CT molecular complexity index is 323. The van der Waals surface area contributed by atoms with Gasteiger partial charge in [-0.1, -0.05) is 20.3 Å². The molecule has 2 atom stereocenters. The lowest BCUT2D eigenvalue weighted by molar-refractivity contribution is 0.461. The number of hydrogen-bond donors (Lipinski definition) is 2. The molecule has 2 N–H and O–H groups in total. The van der Waals surface area contributed by atoms with Crippen molar-refractivity contribution >= 4 is 5.71 Å². The van der Waals surface area contributed by atoms with Crippen LogP contribution in [0, 0.1) is 24.3 Å². The van der Waals surface area contributed by atoms with Gasteiger partial charge in [-0.05, 0) is 25.7 Å². The summed E-state index contributed by atoms with van der Waals surface area (Å²) in [5, 5.41) is 6.22. The smallest absolute Gasteiger partial charge is 0.0434 e. The zero-order chi connectivity index (χ0) is 12.7. The average molecular weight is 233 g/mol. The molecule has 1 saturated heterocycles. The maximum Gasteiger partial charge on any atom is 0.0434 e. The summed E-state index contributed by atoms with van der Waals surface area (Å²) in [5.74, 6) is 1.32. The van der Waals surface area contributed by atoms with Crippen LogP contribution < -0.4 is 10.6 Å². The minimum atomic E-state index is 0.564. The second kappa shape index (κ2) is 7.13. The summed E-state index contributed by atoms with van der Waals surface area (Å²) in [6, 6.07) is 2.97. The van der Waals surface area contributed by atoms with E-state index in [-0.39, 0.29) is 0 Å². The Hall–Kier alpha value is -1.27. The fourth-order valence-electron chi connectivity index (χ4n) is 2.23. The topological polar surface area (TPSA) is 36.4 Å². The monoisotopic (exact) mass is 233 g/mol. The first-order chi connectivity index (χ1) is 8.13. The highest BCUT2D eigenvalue weighted by Gasteiger charge is 2.25. The number of hydrogen-bond acceptors (Lipinski definition) is 3. The van der Waals surface area contributed by atoms with Crippen LogP contribution in [-0.2, 0) is 0 Å². The van der Waals surface area contributed by atoms with Crippen LogP contribution in [0.2, 0.25) is 0 Å². The molecular weight excluding hydrogens is 210 g/mol. The maximum absolute atomic E-state index is 5.06. The fourth-order valence-corrected chi connectivity index (χ4v) is 2.23. The van der Waals surface area contributed by atoms with Gasteiger partial charge in [0.1, 0.15) is 0 Å². The number of rotatable bonds is 5. The van der Waals surface area contributed by atoms with Gasteiger partial charge in [-0.3, -0.25) is 4.99 Å². The molecule has 17 heavy (non-hydrogen) atoms. The van der Waals surface area contributed by atoms with Gasteiger partial charge < -0.3 is 10.6 Å². The van der Waals surface area contributed by atoms with E-state index in [1.807, 2.05) is 0 Å². The van der Waals surface area contributed by atoms with Gasteiger partial charge in [-0.2, -0.15) is 0 Å². The molecule has 1 heterocycles. The van der Waals surface area contributed by atoms with E-state index in [1.54, 1.807) is 12.4 Å². The van der Waals surface area contributed by atoms with Crippen LogP contribution in [0.5, 0.6) is 0 Å². The van der Waals surface area contributed by atoms with Gasteiger partial charge in [-0.25, -0.2) is 0 Å². The Morgan fingerprint density at radius 1 is 1.65 bits per heavy atom. The number of terminal acetylenes is 1. The Kier molecular flexibility index (Phi) is 5.79. The Morgan fingerprint density at radius 2 is 2.41 bits per heavy atom. The summed E-state index contributed by atoms with van der Waals surface area (Å²) in [7, 11) is 0. The molecule has 0 aliphatic carbocycles. The molecule has 0 spiro atoms. The largest absolute Gasteiger partial charge is 0.321 e. The summed E-state index contributed by atoms with van der Waals surface area (Å²) in [5.41, 5.74) is 1.18. The summed E-state index contributed by atoms with van der Waals surface area (Å²) < 4.78 is 0. The van der Waals surface area contributed by atoms with Gasteiger partial charge in [0.2, 0.25) is 0 Å². The van der Waals surface area contributed by atoms with Crippen molar-refractivity contribution in [2.45, 2.75) is 39.7 Å². The molecule has 1 aliphatic rings. The van der Waals surface area contributed by atoms with Crippen molar-refractivity contribution in [3.05, 3.63) is 12.4 Å². The molecular formula is C14H23N3. The minimum absolute atomic E-state index is 0.564. The van der Waals surface area contributed by atoms with E-state index in [9.17, 15) is 0 Å². The zero-order valence-electron chi connectivity index (χ0n) is 11.0. The first-order valence-electron chi connectivity index (χ1n) is 6.27. The molecule has 0 aromatic rings. The lowest BCUT2D eigenvalue weighted by atomic mass is 9.96. The number of aliphatic imine (C=N–C) groups is 1.